The molecule has 1 aromatic carbocycles. The largest absolute Gasteiger partial charge is 0.345 e. The summed E-state index contributed by atoms with van der Waals surface area (Å²) < 4.78 is 13.2. The third kappa shape index (κ3) is 3.72. The summed E-state index contributed by atoms with van der Waals surface area (Å²) in [6.45, 7) is 0.210. The first-order valence-corrected chi connectivity index (χ1v) is 5.07. The Morgan fingerprint density at radius 2 is 2.33 bits per heavy atom. The van der Waals surface area contributed by atoms with Crippen molar-refractivity contribution in [1.29, 1.82) is 0 Å². The van der Waals surface area contributed by atoms with E-state index in [1.807, 2.05) is 0 Å². The summed E-state index contributed by atoms with van der Waals surface area (Å²) in [7, 11) is 0. The Kier molecular flexibility index (Phi) is 4.32. The maximum Gasteiger partial charge on any atom is 0.225 e. The van der Waals surface area contributed by atoms with Crippen molar-refractivity contribution in [3.8, 4) is 12.3 Å². The van der Waals surface area contributed by atoms with E-state index in [-0.39, 0.29) is 24.7 Å². The van der Waals surface area contributed by atoms with Crippen LogP contribution in [0.25, 0.3) is 0 Å². The first-order valence-electron chi connectivity index (χ1n) is 4.27. The van der Waals surface area contributed by atoms with Crippen LogP contribution in [0.15, 0.2) is 22.7 Å². The number of amides is 1. The molecule has 0 heterocycles. The van der Waals surface area contributed by atoms with Crippen LogP contribution in [0.1, 0.15) is 5.56 Å². The molecular formula is C11H9BrFNO. The van der Waals surface area contributed by atoms with Gasteiger partial charge in [-0.15, -0.1) is 6.42 Å². The van der Waals surface area contributed by atoms with Crippen molar-refractivity contribution in [3.05, 3.63) is 34.1 Å². The van der Waals surface area contributed by atoms with E-state index in [4.69, 9.17) is 6.42 Å². The maximum atomic E-state index is 12.9. The molecule has 0 bridgehead atoms. The Morgan fingerprint density at radius 3 is 2.93 bits per heavy atom. The molecule has 0 aliphatic carbocycles. The van der Waals surface area contributed by atoms with Crippen LogP contribution in [0.4, 0.5) is 4.39 Å². The summed E-state index contributed by atoms with van der Waals surface area (Å²) in [4.78, 5) is 11.3. The van der Waals surface area contributed by atoms with Crippen LogP contribution in [0.3, 0.4) is 0 Å². The smallest absolute Gasteiger partial charge is 0.225 e. The Labute approximate surface area is 96.0 Å². The topological polar surface area (TPSA) is 29.1 Å². The molecule has 0 aliphatic heterocycles. The zero-order valence-electron chi connectivity index (χ0n) is 7.89. The van der Waals surface area contributed by atoms with Crippen LogP contribution in [0, 0.1) is 18.2 Å². The standard InChI is InChI=1S/C11H9BrFNO/c1-2-5-14-11(15)7-8-3-4-10(13)9(12)6-8/h1,3-4,6H,5,7H2,(H,14,15). The van der Waals surface area contributed by atoms with Gasteiger partial charge < -0.3 is 5.32 Å². The van der Waals surface area contributed by atoms with Gasteiger partial charge in [0.05, 0.1) is 17.4 Å². The molecule has 4 heteroatoms. The number of carbonyl (C=O) groups is 1. The number of carbonyl (C=O) groups excluding carboxylic acids is 1. The molecule has 0 fully saturated rings. The molecule has 1 N–H and O–H groups in total. The van der Waals surface area contributed by atoms with E-state index in [1.165, 1.54) is 6.07 Å². The number of halogens is 2. The summed E-state index contributed by atoms with van der Waals surface area (Å²) in [5, 5.41) is 2.53. The lowest BCUT2D eigenvalue weighted by atomic mass is 10.1. The van der Waals surface area contributed by atoms with Crippen LogP contribution in [-0.4, -0.2) is 12.5 Å². The quantitative estimate of drug-likeness (QED) is 0.835. The average Bonchev–Trinajstić information content (AvgIpc) is 2.20. The minimum absolute atomic E-state index is 0.175. The lowest BCUT2D eigenvalue weighted by Gasteiger charge is -2.02. The molecular weight excluding hydrogens is 261 g/mol. The van der Waals surface area contributed by atoms with Crippen LogP contribution >= 0.6 is 15.9 Å². The Morgan fingerprint density at radius 1 is 1.60 bits per heavy atom. The van der Waals surface area contributed by atoms with E-state index < -0.39 is 0 Å². The van der Waals surface area contributed by atoms with Crippen molar-refractivity contribution in [2.24, 2.45) is 0 Å². The van der Waals surface area contributed by atoms with Gasteiger partial charge in [-0.3, -0.25) is 4.79 Å². The first kappa shape index (κ1) is 11.7. The van der Waals surface area contributed by atoms with Gasteiger partial charge in [0.2, 0.25) is 5.91 Å². The molecule has 0 radical (unpaired) electrons. The predicted octanol–water partition coefficient (Wildman–Crippen LogP) is 1.88. The monoisotopic (exact) mass is 269 g/mol. The van der Waals surface area contributed by atoms with Gasteiger partial charge in [0.1, 0.15) is 5.82 Å². The molecule has 78 valence electrons. The van der Waals surface area contributed by atoms with Crippen LogP contribution in [-0.2, 0) is 11.2 Å². The van der Waals surface area contributed by atoms with Crippen molar-refractivity contribution in [1.82, 2.24) is 5.32 Å². The highest BCUT2D eigenvalue weighted by Gasteiger charge is 2.04. The van der Waals surface area contributed by atoms with Crippen molar-refractivity contribution >= 4 is 21.8 Å². The Balaban J connectivity index is 2.62. The number of benzene rings is 1. The van der Waals surface area contributed by atoms with Gasteiger partial charge in [0.15, 0.2) is 0 Å². The highest BCUT2D eigenvalue weighted by Crippen LogP contribution is 2.16. The number of nitrogens with one attached hydrogen (secondary N) is 1. The molecule has 0 saturated carbocycles. The summed E-state index contributed by atoms with van der Waals surface area (Å²) >= 11 is 3.05. The highest BCUT2D eigenvalue weighted by molar-refractivity contribution is 9.10. The van der Waals surface area contributed by atoms with Gasteiger partial charge >= 0.3 is 0 Å². The van der Waals surface area contributed by atoms with Crippen LogP contribution in [0.2, 0.25) is 0 Å². The van der Waals surface area contributed by atoms with Gasteiger partial charge in [-0.2, -0.15) is 0 Å². The van der Waals surface area contributed by atoms with E-state index >= 15 is 0 Å². The zero-order valence-corrected chi connectivity index (χ0v) is 9.47. The molecule has 1 rings (SSSR count). The van der Waals surface area contributed by atoms with Gasteiger partial charge in [-0.25, -0.2) is 4.39 Å². The summed E-state index contributed by atoms with van der Waals surface area (Å²) in [6, 6.07) is 4.45. The minimum Gasteiger partial charge on any atom is -0.345 e. The van der Waals surface area contributed by atoms with Crippen LogP contribution < -0.4 is 5.32 Å². The lowest BCUT2D eigenvalue weighted by Crippen LogP contribution is -2.25. The predicted molar refractivity (Wildman–Crippen MR) is 59.6 cm³/mol. The van der Waals surface area contributed by atoms with E-state index in [0.717, 1.165) is 5.56 Å². The molecule has 0 saturated heterocycles. The molecule has 0 atom stereocenters. The maximum absolute atomic E-state index is 12.9. The summed E-state index contributed by atoms with van der Waals surface area (Å²) in [5.74, 6) is 1.78. The second-order valence-electron chi connectivity index (χ2n) is 2.91. The molecule has 0 aliphatic rings. The normalized spacial score (nSPS) is 9.40. The van der Waals surface area contributed by atoms with Crippen molar-refractivity contribution in [2.45, 2.75) is 6.42 Å². The first-order chi connectivity index (χ1) is 7.13. The summed E-state index contributed by atoms with van der Waals surface area (Å²) in [6.07, 6.45) is 5.19. The molecule has 0 unspecified atom stereocenters. The molecule has 1 aromatic rings. The molecule has 0 aromatic heterocycles. The van der Waals surface area contributed by atoms with E-state index in [9.17, 15) is 9.18 Å². The highest BCUT2D eigenvalue weighted by atomic mass is 79.9. The van der Waals surface area contributed by atoms with Crippen molar-refractivity contribution in [3.63, 3.8) is 0 Å². The van der Waals surface area contributed by atoms with Gasteiger partial charge in [-0.1, -0.05) is 12.0 Å². The van der Waals surface area contributed by atoms with Crippen molar-refractivity contribution < 1.29 is 9.18 Å². The molecule has 1 amide bonds. The van der Waals surface area contributed by atoms with E-state index in [0.29, 0.717) is 4.47 Å². The van der Waals surface area contributed by atoms with Gasteiger partial charge in [0.25, 0.3) is 0 Å². The van der Waals surface area contributed by atoms with Crippen LogP contribution in [0.5, 0.6) is 0 Å². The minimum atomic E-state index is -0.345. The van der Waals surface area contributed by atoms with Gasteiger partial charge in [-0.05, 0) is 33.6 Å². The number of hydrogen-bond acceptors (Lipinski definition) is 1. The van der Waals surface area contributed by atoms with Gasteiger partial charge in [0, 0.05) is 0 Å². The third-order valence-corrected chi connectivity index (χ3v) is 2.34. The number of terminal acetylenes is 1. The van der Waals surface area contributed by atoms with E-state index in [1.54, 1.807) is 12.1 Å². The second-order valence-corrected chi connectivity index (χ2v) is 3.76. The fourth-order valence-electron chi connectivity index (χ4n) is 1.05. The summed E-state index contributed by atoms with van der Waals surface area (Å²) in [5.41, 5.74) is 0.734. The van der Waals surface area contributed by atoms with Crippen molar-refractivity contribution in [2.75, 3.05) is 6.54 Å². The fraction of sp³-hybridized carbons (Fsp3) is 0.182. The average molecular weight is 270 g/mol. The van der Waals surface area contributed by atoms with E-state index in [2.05, 4.69) is 27.2 Å². The molecule has 15 heavy (non-hydrogen) atoms. The third-order valence-electron chi connectivity index (χ3n) is 1.74. The Bertz CT molecular complexity index is 412. The number of hydrogen-bond donors (Lipinski definition) is 1. The SMILES string of the molecule is C#CCNC(=O)Cc1ccc(F)c(Br)c1. The molecule has 2 nitrogen and oxygen atoms in total. The Hall–Kier alpha value is -1.34. The fourth-order valence-corrected chi connectivity index (χ4v) is 1.47. The second kappa shape index (κ2) is 5.52. The molecule has 0 spiro atoms. The lowest BCUT2D eigenvalue weighted by molar-refractivity contribution is -0.120. The number of rotatable bonds is 3. The zero-order chi connectivity index (χ0) is 11.3.